The van der Waals surface area contributed by atoms with Gasteiger partial charge in [0.05, 0.1) is 5.69 Å². The molecule has 1 unspecified atom stereocenters. The van der Waals surface area contributed by atoms with Gasteiger partial charge >= 0.3 is 0 Å². The Hall–Kier alpha value is -4.43. The maximum absolute atomic E-state index is 13.8. The minimum absolute atomic E-state index is 0.0855. The van der Waals surface area contributed by atoms with Gasteiger partial charge in [-0.3, -0.25) is 4.79 Å². The van der Waals surface area contributed by atoms with Crippen LogP contribution in [0.2, 0.25) is 0 Å². The van der Waals surface area contributed by atoms with Crippen molar-refractivity contribution in [3.05, 3.63) is 144 Å². The van der Waals surface area contributed by atoms with Gasteiger partial charge in [0.15, 0.2) is 5.78 Å². The van der Waals surface area contributed by atoms with E-state index >= 15 is 0 Å². The van der Waals surface area contributed by atoms with E-state index in [1.165, 1.54) is 11.1 Å². The Labute approximate surface area is 211 Å². The summed E-state index contributed by atoms with van der Waals surface area (Å²) in [6.07, 6.45) is 0.392. The zero-order valence-electron chi connectivity index (χ0n) is 20.2. The number of hydrogen-bond donors (Lipinski definition) is 1. The zero-order valence-corrected chi connectivity index (χ0v) is 20.2. The summed E-state index contributed by atoms with van der Waals surface area (Å²) in [4.78, 5) is 17.5. The topological polar surface area (TPSA) is 32.9 Å². The number of fused-ring (bicyclic) bond motifs is 2. The van der Waals surface area contributed by atoms with Crippen molar-refractivity contribution < 1.29 is 4.79 Å². The predicted octanol–water partition coefficient (Wildman–Crippen LogP) is 8.70. The molecule has 2 heteroatoms. The summed E-state index contributed by atoms with van der Waals surface area (Å²) in [5.74, 6) is 0.0624. The molecule has 0 amide bonds. The largest absolute Gasteiger partial charge is 0.354 e. The second kappa shape index (κ2) is 9.31. The van der Waals surface area contributed by atoms with Crippen LogP contribution in [0.1, 0.15) is 39.4 Å². The highest BCUT2D eigenvalue weighted by atomic mass is 16.1. The molecular weight excluding hydrogens is 438 g/mol. The second-order valence-electron chi connectivity index (χ2n) is 9.48. The third-order valence-electron chi connectivity index (χ3n) is 7.10. The first-order valence-corrected chi connectivity index (χ1v) is 12.4. The standard InChI is InChI=1S/C34H27NO/c1-23-15-17-26(18-16-23)34-33(29-13-7-8-14-31(29)35-34)30(25-10-3-2-4-11-25)22-32(36)28-20-19-24-9-5-6-12-27(24)21-28/h2-21,30,35H,22H2,1H3. The highest BCUT2D eigenvalue weighted by molar-refractivity contribution is 6.01. The predicted molar refractivity (Wildman–Crippen MR) is 150 cm³/mol. The van der Waals surface area contributed by atoms with Gasteiger partial charge in [-0.1, -0.05) is 115 Å². The van der Waals surface area contributed by atoms with Gasteiger partial charge in [0, 0.05) is 28.8 Å². The summed E-state index contributed by atoms with van der Waals surface area (Å²) in [5, 5.41) is 3.40. The first-order valence-electron chi connectivity index (χ1n) is 12.4. The van der Waals surface area contributed by atoms with Crippen molar-refractivity contribution in [2.24, 2.45) is 0 Å². The fourth-order valence-electron chi connectivity index (χ4n) is 5.21. The molecule has 0 aliphatic carbocycles. The van der Waals surface area contributed by atoms with Crippen molar-refractivity contribution in [2.75, 3.05) is 0 Å². The van der Waals surface area contributed by atoms with Gasteiger partial charge in [-0.05, 0) is 46.5 Å². The number of hydrogen-bond acceptors (Lipinski definition) is 1. The van der Waals surface area contributed by atoms with Crippen LogP contribution in [0.5, 0.6) is 0 Å². The molecule has 0 aliphatic rings. The van der Waals surface area contributed by atoms with Gasteiger partial charge in [-0.15, -0.1) is 0 Å². The van der Waals surface area contributed by atoms with Crippen molar-refractivity contribution in [1.82, 2.24) is 4.98 Å². The second-order valence-corrected chi connectivity index (χ2v) is 9.48. The van der Waals surface area contributed by atoms with Crippen LogP contribution >= 0.6 is 0 Å². The Balaban J connectivity index is 1.50. The molecular formula is C34H27NO. The van der Waals surface area contributed by atoms with E-state index in [0.29, 0.717) is 6.42 Å². The minimum atomic E-state index is -0.0855. The minimum Gasteiger partial charge on any atom is -0.354 e. The molecule has 1 atom stereocenters. The number of nitrogens with one attached hydrogen (secondary N) is 1. The first-order chi connectivity index (χ1) is 17.7. The number of H-pyrrole nitrogens is 1. The third kappa shape index (κ3) is 4.12. The maximum atomic E-state index is 13.8. The fourth-order valence-corrected chi connectivity index (χ4v) is 5.21. The molecule has 2 nitrogen and oxygen atoms in total. The number of benzene rings is 5. The van der Waals surface area contributed by atoms with E-state index in [-0.39, 0.29) is 11.7 Å². The molecule has 36 heavy (non-hydrogen) atoms. The summed E-state index contributed by atoms with van der Waals surface area (Å²) >= 11 is 0. The van der Waals surface area contributed by atoms with Gasteiger partial charge in [0.2, 0.25) is 0 Å². The monoisotopic (exact) mass is 465 g/mol. The molecule has 0 aliphatic heterocycles. The summed E-state index contributed by atoms with van der Waals surface area (Å²) in [6.45, 7) is 2.10. The number of para-hydroxylation sites is 1. The molecule has 0 saturated carbocycles. The normalized spacial score (nSPS) is 12.1. The Bertz CT molecular complexity index is 1680. The van der Waals surface area contributed by atoms with Gasteiger partial charge in [0.25, 0.3) is 0 Å². The molecule has 1 heterocycles. The van der Waals surface area contributed by atoms with Crippen LogP contribution in [0.3, 0.4) is 0 Å². The number of carbonyl (C=O) groups excluding carboxylic acids is 1. The Morgan fingerprint density at radius 1 is 0.722 bits per heavy atom. The molecule has 6 rings (SSSR count). The number of ketones is 1. The number of carbonyl (C=O) groups is 1. The van der Waals surface area contributed by atoms with Crippen molar-refractivity contribution in [1.29, 1.82) is 0 Å². The van der Waals surface area contributed by atoms with Gasteiger partial charge in [-0.2, -0.15) is 0 Å². The number of Topliss-reactive ketones (excluding diaryl/α,β-unsaturated/α-hetero) is 1. The number of aryl methyl sites for hydroxylation is 1. The number of rotatable bonds is 6. The van der Waals surface area contributed by atoms with Crippen LogP contribution in [-0.2, 0) is 0 Å². The van der Waals surface area contributed by atoms with Crippen molar-refractivity contribution in [3.8, 4) is 11.3 Å². The van der Waals surface area contributed by atoms with E-state index < -0.39 is 0 Å². The number of aromatic nitrogens is 1. The van der Waals surface area contributed by atoms with Crippen LogP contribution in [0.4, 0.5) is 0 Å². The average molecular weight is 466 g/mol. The molecule has 0 bridgehead atoms. The molecule has 5 aromatic carbocycles. The Morgan fingerprint density at radius 3 is 2.22 bits per heavy atom. The van der Waals surface area contributed by atoms with E-state index in [9.17, 15) is 4.79 Å². The van der Waals surface area contributed by atoms with Crippen molar-refractivity contribution in [3.63, 3.8) is 0 Å². The molecule has 0 saturated heterocycles. The highest BCUT2D eigenvalue weighted by Gasteiger charge is 2.26. The Morgan fingerprint density at radius 2 is 1.42 bits per heavy atom. The van der Waals surface area contributed by atoms with Gasteiger partial charge in [0.1, 0.15) is 0 Å². The smallest absolute Gasteiger partial charge is 0.163 e. The van der Waals surface area contributed by atoms with Gasteiger partial charge in [-0.25, -0.2) is 0 Å². The lowest BCUT2D eigenvalue weighted by molar-refractivity contribution is 0.0978. The molecule has 174 valence electrons. The van der Waals surface area contributed by atoms with E-state index in [1.54, 1.807) is 0 Å². The van der Waals surface area contributed by atoms with E-state index in [1.807, 2.05) is 36.4 Å². The SMILES string of the molecule is Cc1ccc(-c2[nH]c3ccccc3c2C(CC(=O)c2ccc3ccccc3c2)c2ccccc2)cc1. The summed E-state index contributed by atoms with van der Waals surface area (Å²) in [6, 6.07) is 41.7. The van der Waals surface area contributed by atoms with Crippen LogP contribution in [0, 0.1) is 6.92 Å². The Kier molecular flexibility index (Phi) is 5.71. The van der Waals surface area contributed by atoms with E-state index in [2.05, 4.69) is 96.8 Å². The average Bonchev–Trinajstić information content (AvgIpc) is 3.31. The maximum Gasteiger partial charge on any atom is 0.163 e. The van der Waals surface area contributed by atoms with Crippen LogP contribution in [0.15, 0.2) is 121 Å². The molecule has 0 spiro atoms. The van der Waals surface area contributed by atoms with E-state index in [4.69, 9.17) is 0 Å². The lowest BCUT2D eigenvalue weighted by atomic mass is 9.83. The lowest BCUT2D eigenvalue weighted by Crippen LogP contribution is -2.10. The summed E-state index contributed by atoms with van der Waals surface area (Å²) in [7, 11) is 0. The first kappa shape index (κ1) is 22.1. The van der Waals surface area contributed by atoms with Gasteiger partial charge < -0.3 is 4.98 Å². The van der Waals surface area contributed by atoms with Crippen molar-refractivity contribution >= 4 is 27.5 Å². The quantitative estimate of drug-likeness (QED) is 0.245. The molecule has 0 fully saturated rings. The molecule has 6 aromatic rings. The van der Waals surface area contributed by atoms with E-state index in [0.717, 1.165) is 44.1 Å². The van der Waals surface area contributed by atoms with Crippen LogP contribution < -0.4 is 0 Å². The molecule has 1 N–H and O–H groups in total. The highest BCUT2D eigenvalue weighted by Crippen LogP contribution is 2.41. The summed E-state index contributed by atoms with van der Waals surface area (Å²) in [5.41, 5.74) is 7.60. The third-order valence-corrected chi connectivity index (χ3v) is 7.10. The zero-order chi connectivity index (χ0) is 24.5. The van der Waals surface area contributed by atoms with Crippen LogP contribution in [-0.4, -0.2) is 10.8 Å². The number of aromatic amines is 1. The van der Waals surface area contributed by atoms with Crippen molar-refractivity contribution in [2.45, 2.75) is 19.3 Å². The lowest BCUT2D eigenvalue weighted by Gasteiger charge is -2.19. The fraction of sp³-hybridized carbons (Fsp3) is 0.0882. The molecule has 0 radical (unpaired) electrons. The molecule has 1 aromatic heterocycles. The van der Waals surface area contributed by atoms with Crippen LogP contribution in [0.25, 0.3) is 32.9 Å². The summed E-state index contributed by atoms with van der Waals surface area (Å²) < 4.78 is 0.